The van der Waals surface area contributed by atoms with Crippen molar-refractivity contribution in [1.29, 1.82) is 0 Å². The molecule has 136 valence electrons. The maximum atomic E-state index is 6.43. The Morgan fingerprint density at radius 2 is 2.04 bits per heavy atom. The molecular formula is C22H21N3OS. The van der Waals surface area contributed by atoms with Crippen LogP contribution in [0.4, 0.5) is 11.4 Å². The lowest BCUT2D eigenvalue weighted by molar-refractivity contribution is 0.341. The van der Waals surface area contributed by atoms with Crippen LogP contribution in [-0.4, -0.2) is 23.0 Å². The summed E-state index contributed by atoms with van der Waals surface area (Å²) in [5.41, 5.74) is 11.0. The van der Waals surface area contributed by atoms with Gasteiger partial charge in [0.2, 0.25) is 0 Å². The SMILES string of the molecule is CCOc1ccc2nc3cc(NCC4=CC=CCC4=S)ccc3c(N)c2c1. The molecule has 0 bridgehead atoms. The number of aromatic nitrogens is 1. The van der Waals surface area contributed by atoms with Crippen molar-refractivity contribution >= 4 is 50.3 Å². The van der Waals surface area contributed by atoms with Crippen molar-refractivity contribution in [2.45, 2.75) is 13.3 Å². The van der Waals surface area contributed by atoms with E-state index in [-0.39, 0.29) is 0 Å². The zero-order valence-corrected chi connectivity index (χ0v) is 16.0. The third kappa shape index (κ3) is 3.51. The molecule has 1 aliphatic rings. The highest BCUT2D eigenvalue weighted by atomic mass is 32.1. The summed E-state index contributed by atoms with van der Waals surface area (Å²) >= 11 is 5.42. The van der Waals surface area contributed by atoms with E-state index in [0.717, 1.165) is 55.8 Å². The first-order valence-corrected chi connectivity index (χ1v) is 9.45. The van der Waals surface area contributed by atoms with Crippen LogP contribution in [0.5, 0.6) is 5.75 Å². The van der Waals surface area contributed by atoms with E-state index < -0.39 is 0 Å². The second kappa shape index (κ2) is 7.37. The number of anilines is 2. The van der Waals surface area contributed by atoms with Gasteiger partial charge in [-0.15, -0.1) is 0 Å². The van der Waals surface area contributed by atoms with Gasteiger partial charge in [0.05, 0.1) is 23.3 Å². The van der Waals surface area contributed by atoms with E-state index in [1.807, 2.05) is 43.3 Å². The smallest absolute Gasteiger partial charge is 0.120 e. The maximum absolute atomic E-state index is 6.43. The van der Waals surface area contributed by atoms with Crippen LogP contribution >= 0.6 is 12.2 Å². The summed E-state index contributed by atoms with van der Waals surface area (Å²) in [6, 6.07) is 11.9. The highest BCUT2D eigenvalue weighted by molar-refractivity contribution is 7.80. The van der Waals surface area contributed by atoms with Crippen molar-refractivity contribution in [3.05, 3.63) is 60.2 Å². The number of pyridine rings is 1. The summed E-state index contributed by atoms with van der Waals surface area (Å²) in [6.07, 6.45) is 7.04. The van der Waals surface area contributed by atoms with Crippen LogP contribution in [0.25, 0.3) is 21.8 Å². The molecule has 0 unspecified atom stereocenters. The molecule has 5 heteroatoms. The first kappa shape index (κ1) is 17.5. The number of hydrogen-bond donors (Lipinski definition) is 2. The average Bonchev–Trinajstić information content (AvgIpc) is 2.68. The minimum atomic E-state index is 0.622. The van der Waals surface area contributed by atoms with Crippen LogP contribution in [0.1, 0.15) is 13.3 Å². The predicted molar refractivity (Wildman–Crippen MR) is 118 cm³/mol. The fourth-order valence-corrected chi connectivity index (χ4v) is 3.50. The first-order chi connectivity index (χ1) is 13.2. The van der Waals surface area contributed by atoms with Crippen molar-refractivity contribution in [3.63, 3.8) is 0 Å². The molecule has 0 radical (unpaired) electrons. The summed E-state index contributed by atoms with van der Waals surface area (Å²) in [6.45, 7) is 3.29. The average molecular weight is 375 g/mol. The minimum Gasteiger partial charge on any atom is -0.494 e. The molecule has 3 N–H and O–H groups in total. The number of nitrogens with one attached hydrogen (secondary N) is 1. The van der Waals surface area contributed by atoms with Crippen molar-refractivity contribution in [3.8, 4) is 5.75 Å². The number of nitrogens with two attached hydrogens (primary N) is 1. The summed E-state index contributed by atoms with van der Waals surface area (Å²) in [4.78, 5) is 5.77. The second-order valence-electron chi connectivity index (χ2n) is 6.47. The normalized spacial score (nSPS) is 13.8. The van der Waals surface area contributed by atoms with Gasteiger partial charge >= 0.3 is 0 Å². The Morgan fingerprint density at radius 3 is 2.85 bits per heavy atom. The third-order valence-corrected chi connectivity index (χ3v) is 5.10. The molecule has 0 spiro atoms. The Hall–Kier alpha value is -2.92. The molecule has 3 aromatic rings. The van der Waals surface area contributed by atoms with Gasteiger partial charge in [-0.05, 0) is 48.9 Å². The molecule has 0 atom stereocenters. The molecule has 0 fully saturated rings. The standard InChI is InChI=1S/C22H21N3OS/c1-2-26-16-8-10-19-18(12-16)22(23)17-9-7-15(11-20(17)25-19)24-13-14-5-3-4-6-21(14)27/h3-5,7-12,24H,2,6,13H2,1H3,(H2,23,25). The van der Waals surface area contributed by atoms with E-state index in [9.17, 15) is 0 Å². The number of rotatable bonds is 5. The van der Waals surface area contributed by atoms with Crippen LogP contribution in [0.2, 0.25) is 0 Å². The molecular weight excluding hydrogens is 354 g/mol. The number of benzene rings is 2. The van der Waals surface area contributed by atoms with Gasteiger partial charge in [0.25, 0.3) is 0 Å². The Kier molecular flexibility index (Phi) is 4.77. The molecule has 0 saturated carbocycles. The number of thiocarbonyl (C=S) groups is 1. The summed E-state index contributed by atoms with van der Waals surface area (Å²) < 4.78 is 5.58. The molecule has 4 rings (SSSR count). The highest BCUT2D eigenvalue weighted by Crippen LogP contribution is 2.32. The zero-order chi connectivity index (χ0) is 18.8. The van der Waals surface area contributed by atoms with Gasteiger partial charge in [-0.1, -0.05) is 30.4 Å². The van der Waals surface area contributed by atoms with E-state index >= 15 is 0 Å². The molecule has 0 aliphatic heterocycles. The molecule has 0 saturated heterocycles. The van der Waals surface area contributed by atoms with Gasteiger partial charge in [-0.25, -0.2) is 4.98 Å². The molecule has 1 heterocycles. The van der Waals surface area contributed by atoms with E-state index in [0.29, 0.717) is 13.2 Å². The van der Waals surface area contributed by atoms with Crippen molar-refractivity contribution < 1.29 is 4.74 Å². The van der Waals surface area contributed by atoms with Gasteiger partial charge in [-0.2, -0.15) is 0 Å². The van der Waals surface area contributed by atoms with Gasteiger partial charge in [-0.3, -0.25) is 0 Å². The molecule has 27 heavy (non-hydrogen) atoms. The molecule has 0 amide bonds. The predicted octanol–water partition coefficient (Wildman–Crippen LogP) is 5.04. The maximum Gasteiger partial charge on any atom is 0.120 e. The Morgan fingerprint density at radius 1 is 1.15 bits per heavy atom. The van der Waals surface area contributed by atoms with E-state index in [2.05, 4.69) is 23.5 Å². The summed E-state index contributed by atoms with van der Waals surface area (Å²) in [5, 5.41) is 5.30. The van der Waals surface area contributed by atoms with Crippen LogP contribution in [0.3, 0.4) is 0 Å². The second-order valence-corrected chi connectivity index (χ2v) is 6.96. The quantitative estimate of drug-likeness (QED) is 0.483. The van der Waals surface area contributed by atoms with Gasteiger partial charge < -0.3 is 15.8 Å². The van der Waals surface area contributed by atoms with E-state index in [1.165, 1.54) is 0 Å². The summed E-state index contributed by atoms with van der Waals surface area (Å²) in [7, 11) is 0. The monoisotopic (exact) mass is 375 g/mol. The largest absolute Gasteiger partial charge is 0.494 e. The van der Waals surface area contributed by atoms with Gasteiger partial charge in [0, 0.05) is 34.3 Å². The zero-order valence-electron chi connectivity index (χ0n) is 15.2. The Bertz CT molecular complexity index is 1100. The van der Waals surface area contributed by atoms with Gasteiger partial charge in [0.15, 0.2) is 0 Å². The highest BCUT2D eigenvalue weighted by Gasteiger charge is 2.10. The fourth-order valence-electron chi connectivity index (χ4n) is 3.26. The number of allylic oxidation sites excluding steroid dienone is 3. The van der Waals surface area contributed by atoms with Crippen LogP contribution in [0, 0.1) is 0 Å². The summed E-state index contributed by atoms with van der Waals surface area (Å²) in [5.74, 6) is 0.807. The minimum absolute atomic E-state index is 0.622. The first-order valence-electron chi connectivity index (χ1n) is 9.04. The lowest BCUT2D eigenvalue weighted by Gasteiger charge is -2.14. The lowest BCUT2D eigenvalue weighted by atomic mass is 10.0. The fraction of sp³-hybridized carbons (Fsp3) is 0.182. The lowest BCUT2D eigenvalue weighted by Crippen LogP contribution is -2.12. The van der Waals surface area contributed by atoms with Crippen molar-refractivity contribution in [2.75, 3.05) is 24.2 Å². The number of nitrogens with zero attached hydrogens (tertiary/aromatic N) is 1. The van der Waals surface area contributed by atoms with E-state index in [1.54, 1.807) is 0 Å². The van der Waals surface area contributed by atoms with Crippen LogP contribution < -0.4 is 15.8 Å². The Labute approximate surface area is 163 Å². The van der Waals surface area contributed by atoms with Crippen molar-refractivity contribution in [2.24, 2.45) is 0 Å². The van der Waals surface area contributed by atoms with Crippen molar-refractivity contribution in [1.82, 2.24) is 4.98 Å². The topological polar surface area (TPSA) is 60.2 Å². The number of ether oxygens (including phenoxy) is 1. The number of hydrogen-bond acceptors (Lipinski definition) is 5. The third-order valence-electron chi connectivity index (χ3n) is 4.68. The van der Waals surface area contributed by atoms with Crippen LogP contribution in [-0.2, 0) is 0 Å². The van der Waals surface area contributed by atoms with E-state index in [4.69, 9.17) is 27.7 Å². The molecule has 1 aromatic heterocycles. The molecule has 1 aliphatic carbocycles. The molecule has 4 nitrogen and oxygen atoms in total. The Balaban J connectivity index is 1.66. The number of nitrogen functional groups attached to an aromatic ring is 1. The van der Waals surface area contributed by atoms with Gasteiger partial charge in [0.1, 0.15) is 5.75 Å². The molecule has 2 aromatic carbocycles. The number of fused-ring (bicyclic) bond motifs is 2. The van der Waals surface area contributed by atoms with Crippen LogP contribution in [0.15, 0.2) is 60.2 Å².